The fraction of sp³-hybridized carbons (Fsp3) is 0.190. The van der Waals surface area contributed by atoms with E-state index in [1.165, 1.54) is 7.11 Å². The fourth-order valence-corrected chi connectivity index (χ4v) is 3.68. The number of carboxylic acids is 1. The molecule has 0 atom stereocenters. The van der Waals surface area contributed by atoms with Crippen molar-refractivity contribution >= 4 is 46.6 Å². The molecule has 1 saturated heterocycles. The van der Waals surface area contributed by atoms with Gasteiger partial charge < -0.3 is 14.6 Å². The normalized spacial score (nSPS) is 15.0. The lowest BCUT2D eigenvalue weighted by Crippen LogP contribution is -2.30. The minimum absolute atomic E-state index is 0.155. The van der Waals surface area contributed by atoms with Crippen molar-refractivity contribution in [2.24, 2.45) is 0 Å². The number of nitrogens with zero attached hydrogens (tertiary/aromatic N) is 1. The van der Waals surface area contributed by atoms with Gasteiger partial charge >= 0.3 is 5.97 Å². The summed E-state index contributed by atoms with van der Waals surface area (Å²) in [5.41, 5.74) is 1.59. The van der Waals surface area contributed by atoms with E-state index in [2.05, 4.69) is 0 Å². The van der Waals surface area contributed by atoms with Crippen LogP contribution in [-0.4, -0.2) is 40.8 Å². The van der Waals surface area contributed by atoms with Crippen LogP contribution in [0.4, 0.5) is 4.79 Å². The fourth-order valence-electron chi connectivity index (χ4n) is 2.69. The number of imide groups is 1. The smallest absolute Gasteiger partial charge is 0.305 e. The lowest BCUT2D eigenvalue weighted by molar-refractivity contribution is -0.137. The zero-order valence-electron chi connectivity index (χ0n) is 16.0. The summed E-state index contributed by atoms with van der Waals surface area (Å²) in [6.45, 7) is 0.174. The van der Waals surface area contributed by atoms with Crippen LogP contribution < -0.4 is 9.47 Å². The van der Waals surface area contributed by atoms with E-state index in [4.69, 9.17) is 26.2 Å². The Bertz CT molecular complexity index is 1010. The monoisotopic (exact) mass is 447 g/mol. The predicted octanol–water partition coefficient (Wildman–Crippen LogP) is 4.44. The van der Waals surface area contributed by atoms with Gasteiger partial charge in [-0.3, -0.25) is 19.3 Å². The Labute approximate surface area is 182 Å². The average Bonchev–Trinajstić information content (AvgIpc) is 2.99. The molecule has 0 unspecified atom stereocenters. The second-order valence-corrected chi connectivity index (χ2v) is 7.73. The van der Waals surface area contributed by atoms with E-state index < -0.39 is 17.1 Å². The van der Waals surface area contributed by atoms with Crippen LogP contribution in [0.5, 0.6) is 11.5 Å². The van der Waals surface area contributed by atoms with Gasteiger partial charge in [0.25, 0.3) is 11.1 Å². The first kappa shape index (κ1) is 21.7. The van der Waals surface area contributed by atoms with Gasteiger partial charge in [0.2, 0.25) is 0 Å². The van der Waals surface area contributed by atoms with Crippen LogP contribution in [0.1, 0.15) is 17.5 Å². The van der Waals surface area contributed by atoms with E-state index in [0.29, 0.717) is 28.7 Å². The number of carbonyl (C=O) groups is 3. The molecular weight excluding hydrogens is 430 g/mol. The molecule has 1 heterocycles. The molecule has 7 nitrogen and oxygen atoms in total. The number of carbonyl (C=O) groups excluding carboxylic acids is 2. The van der Waals surface area contributed by atoms with Gasteiger partial charge in [0.05, 0.1) is 18.4 Å². The number of benzene rings is 2. The van der Waals surface area contributed by atoms with Crippen LogP contribution in [0.25, 0.3) is 6.08 Å². The number of hydrogen-bond donors (Lipinski definition) is 1. The molecule has 3 rings (SSSR count). The second kappa shape index (κ2) is 9.69. The maximum Gasteiger partial charge on any atom is 0.305 e. The van der Waals surface area contributed by atoms with E-state index in [1.807, 2.05) is 12.1 Å². The van der Waals surface area contributed by atoms with Crippen molar-refractivity contribution in [2.75, 3.05) is 13.7 Å². The highest BCUT2D eigenvalue weighted by Gasteiger charge is 2.35. The third-order valence-corrected chi connectivity index (χ3v) is 5.38. The van der Waals surface area contributed by atoms with Crippen molar-refractivity contribution in [1.29, 1.82) is 0 Å². The highest BCUT2D eigenvalue weighted by molar-refractivity contribution is 8.18. The predicted molar refractivity (Wildman–Crippen MR) is 114 cm³/mol. The summed E-state index contributed by atoms with van der Waals surface area (Å²) in [7, 11) is 1.51. The molecule has 0 radical (unpaired) electrons. The molecule has 2 amide bonds. The molecule has 30 heavy (non-hydrogen) atoms. The average molecular weight is 448 g/mol. The Morgan fingerprint density at radius 2 is 1.90 bits per heavy atom. The van der Waals surface area contributed by atoms with E-state index in [1.54, 1.807) is 36.4 Å². The molecule has 0 bridgehead atoms. The zero-order valence-corrected chi connectivity index (χ0v) is 17.5. The molecule has 156 valence electrons. The summed E-state index contributed by atoms with van der Waals surface area (Å²) >= 11 is 6.66. The van der Waals surface area contributed by atoms with Gasteiger partial charge in [-0.05, 0) is 53.2 Å². The minimum atomic E-state index is -1.07. The minimum Gasteiger partial charge on any atom is -0.493 e. The lowest BCUT2D eigenvalue weighted by Gasteiger charge is -2.12. The van der Waals surface area contributed by atoms with Crippen LogP contribution in [0.15, 0.2) is 47.4 Å². The molecule has 1 N–H and O–H groups in total. The SMILES string of the molecule is COc1cc(C=C2SC(=O)N(CCC(=O)O)C2=O)ccc1OCc1ccc(Cl)cc1. The van der Waals surface area contributed by atoms with Crippen LogP contribution in [-0.2, 0) is 16.2 Å². The molecule has 2 aromatic rings. The number of thioether (sulfide) groups is 1. The van der Waals surface area contributed by atoms with E-state index >= 15 is 0 Å². The number of halogens is 1. The third kappa shape index (κ3) is 5.34. The number of aliphatic carboxylic acids is 1. The molecule has 0 spiro atoms. The number of ether oxygens (including phenoxy) is 2. The highest BCUT2D eigenvalue weighted by atomic mass is 35.5. The zero-order chi connectivity index (χ0) is 21.7. The lowest BCUT2D eigenvalue weighted by atomic mass is 10.1. The summed E-state index contributed by atoms with van der Waals surface area (Å²) in [6.07, 6.45) is 1.27. The van der Waals surface area contributed by atoms with Crippen molar-refractivity contribution in [3.05, 3.63) is 63.5 Å². The Balaban J connectivity index is 1.72. The topological polar surface area (TPSA) is 93.1 Å². The van der Waals surface area contributed by atoms with Crippen LogP contribution in [0, 0.1) is 0 Å². The Hall–Kier alpha value is -2.97. The van der Waals surface area contributed by atoms with Crippen molar-refractivity contribution in [3.63, 3.8) is 0 Å². The van der Waals surface area contributed by atoms with Gasteiger partial charge in [0.1, 0.15) is 6.61 Å². The van der Waals surface area contributed by atoms with Crippen LogP contribution in [0.3, 0.4) is 0 Å². The van der Waals surface area contributed by atoms with E-state index in [-0.39, 0.29) is 17.9 Å². The van der Waals surface area contributed by atoms with Gasteiger partial charge in [-0.25, -0.2) is 0 Å². The summed E-state index contributed by atoms with van der Waals surface area (Å²) in [6, 6.07) is 12.4. The standard InChI is InChI=1S/C21H18ClNO6S/c1-28-17-10-14(4-7-16(17)29-12-13-2-5-15(22)6-3-13)11-18-20(26)23(21(27)30-18)9-8-19(24)25/h2-7,10-11H,8-9,12H2,1H3,(H,24,25). The summed E-state index contributed by atoms with van der Waals surface area (Å²) in [4.78, 5) is 36.3. The molecule has 0 aromatic heterocycles. The van der Waals surface area contributed by atoms with Gasteiger partial charge in [-0.15, -0.1) is 0 Å². The van der Waals surface area contributed by atoms with Crippen molar-refractivity contribution in [3.8, 4) is 11.5 Å². The van der Waals surface area contributed by atoms with Gasteiger partial charge in [-0.1, -0.05) is 29.8 Å². The Morgan fingerprint density at radius 3 is 2.57 bits per heavy atom. The summed E-state index contributed by atoms with van der Waals surface area (Å²) in [5.74, 6) is -0.577. The quantitative estimate of drug-likeness (QED) is 0.598. The number of methoxy groups -OCH3 is 1. The van der Waals surface area contributed by atoms with E-state index in [9.17, 15) is 14.4 Å². The summed E-state index contributed by atoms with van der Waals surface area (Å²) in [5, 5.41) is 8.92. The van der Waals surface area contributed by atoms with E-state index in [0.717, 1.165) is 22.2 Å². The number of hydrogen-bond acceptors (Lipinski definition) is 6. The third-order valence-electron chi connectivity index (χ3n) is 4.22. The van der Waals surface area contributed by atoms with Crippen molar-refractivity contribution < 1.29 is 29.0 Å². The highest BCUT2D eigenvalue weighted by Crippen LogP contribution is 2.34. The van der Waals surface area contributed by atoms with Gasteiger partial charge in [0, 0.05) is 11.6 Å². The Kier molecular flexibility index (Phi) is 7.02. The first-order valence-corrected chi connectivity index (χ1v) is 10.1. The maximum absolute atomic E-state index is 12.4. The molecule has 0 saturated carbocycles. The first-order valence-electron chi connectivity index (χ1n) is 8.90. The van der Waals surface area contributed by atoms with Gasteiger partial charge in [-0.2, -0.15) is 0 Å². The number of rotatable bonds is 8. The largest absolute Gasteiger partial charge is 0.493 e. The first-order chi connectivity index (χ1) is 14.4. The molecule has 2 aromatic carbocycles. The maximum atomic E-state index is 12.4. The second-order valence-electron chi connectivity index (χ2n) is 6.30. The molecule has 0 aliphatic carbocycles. The molecule has 1 aliphatic rings. The van der Waals surface area contributed by atoms with Crippen LogP contribution >= 0.6 is 23.4 Å². The molecular formula is C21H18ClNO6S. The summed E-state index contributed by atoms with van der Waals surface area (Å²) < 4.78 is 11.2. The molecule has 1 fully saturated rings. The van der Waals surface area contributed by atoms with Crippen molar-refractivity contribution in [1.82, 2.24) is 4.90 Å². The molecule has 9 heteroatoms. The van der Waals surface area contributed by atoms with Gasteiger partial charge in [0.15, 0.2) is 11.5 Å². The van der Waals surface area contributed by atoms with Crippen molar-refractivity contribution in [2.45, 2.75) is 13.0 Å². The Morgan fingerprint density at radius 1 is 1.17 bits per heavy atom. The number of amides is 2. The van der Waals surface area contributed by atoms with Crippen LogP contribution in [0.2, 0.25) is 5.02 Å². The number of carboxylic acid groups (broad SMARTS) is 1. The molecule has 1 aliphatic heterocycles.